The van der Waals surface area contributed by atoms with Crippen molar-refractivity contribution in [1.82, 2.24) is 4.90 Å². The molecular weight excluding hydrogens is 244 g/mol. The van der Waals surface area contributed by atoms with Gasteiger partial charge in [-0.15, -0.1) is 0 Å². The van der Waals surface area contributed by atoms with Crippen molar-refractivity contribution in [2.45, 2.75) is 38.3 Å². The Labute approximate surface area is 115 Å². The predicted molar refractivity (Wildman–Crippen MR) is 77.5 cm³/mol. The molecule has 0 N–H and O–H groups in total. The fourth-order valence-electron chi connectivity index (χ4n) is 3.39. The molecule has 0 aromatic heterocycles. The topological polar surface area (TPSA) is 6.48 Å². The van der Waals surface area contributed by atoms with E-state index >= 15 is 0 Å². The molecule has 2 fully saturated rings. The number of rotatable bonds is 2. The lowest BCUT2D eigenvalue weighted by molar-refractivity contribution is 0.195. The summed E-state index contributed by atoms with van der Waals surface area (Å²) < 4.78 is 0. The van der Waals surface area contributed by atoms with Crippen LogP contribution in [0.3, 0.4) is 0 Å². The van der Waals surface area contributed by atoms with Crippen LogP contribution < -0.4 is 4.90 Å². The summed E-state index contributed by atoms with van der Waals surface area (Å²) in [6.07, 6.45) is 3.95. The molecular formula is C15H21ClN2. The van der Waals surface area contributed by atoms with E-state index in [1.54, 1.807) is 0 Å². The second-order valence-corrected chi connectivity index (χ2v) is 5.92. The highest BCUT2D eigenvalue weighted by Crippen LogP contribution is 2.30. The van der Waals surface area contributed by atoms with Gasteiger partial charge >= 0.3 is 0 Å². The second kappa shape index (κ2) is 5.10. The normalized spacial score (nSPS) is 28.4. The number of anilines is 1. The van der Waals surface area contributed by atoms with Gasteiger partial charge in [-0.3, -0.25) is 4.90 Å². The molecule has 2 unspecified atom stereocenters. The van der Waals surface area contributed by atoms with Crippen LogP contribution >= 0.6 is 11.6 Å². The Morgan fingerprint density at radius 1 is 1.22 bits per heavy atom. The number of nitrogens with zero attached hydrogens (tertiary/aromatic N) is 2. The van der Waals surface area contributed by atoms with Crippen molar-refractivity contribution in [3.8, 4) is 0 Å². The molecule has 98 valence electrons. The third-order valence-corrected chi connectivity index (χ3v) is 4.67. The van der Waals surface area contributed by atoms with Gasteiger partial charge in [0.05, 0.1) is 0 Å². The molecule has 0 aliphatic carbocycles. The first kappa shape index (κ1) is 12.3. The van der Waals surface area contributed by atoms with Gasteiger partial charge in [-0.05, 0) is 50.1 Å². The van der Waals surface area contributed by atoms with E-state index in [-0.39, 0.29) is 0 Å². The first-order chi connectivity index (χ1) is 8.78. The summed E-state index contributed by atoms with van der Waals surface area (Å²) in [5.41, 5.74) is 1.33. The molecule has 3 heteroatoms. The molecule has 2 aliphatic heterocycles. The zero-order valence-electron chi connectivity index (χ0n) is 11.0. The molecule has 2 saturated heterocycles. The van der Waals surface area contributed by atoms with E-state index in [1.165, 1.54) is 44.6 Å². The summed E-state index contributed by atoms with van der Waals surface area (Å²) >= 11 is 5.98. The van der Waals surface area contributed by atoms with Crippen LogP contribution in [0.4, 0.5) is 5.69 Å². The van der Waals surface area contributed by atoms with Gasteiger partial charge in [0.1, 0.15) is 0 Å². The summed E-state index contributed by atoms with van der Waals surface area (Å²) in [5.74, 6) is 0. The average molecular weight is 265 g/mol. The van der Waals surface area contributed by atoms with E-state index in [4.69, 9.17) is 11.6 Å². The first-order valence-corrected chi connectivity index (χ1v) is 7.42. The maximum Gasteiger partial charge on any atom is 0.0415 e. The molecule has 2 atom stereocenters. The fourth-order valence-corrected chi connectivity index (χ4v) is 3.51. The third kappa shape index (κ3) is 2.24. The molecule has 1 aromatic carbocycles. The van der Waals surface area contributed by atoms with Crippen LogP contribution in [0.15, 0.2) is 24.3 Å². The zero-order chi connectivity index (χ0) is 12.5. The van der Waals surface area contributed by atoms with Gasteiger partial charge in [0.25, 0.3) is 0 Å². The lowest BCUT2D eigenvalue weighted by Crippen LogP contribution is -2.56. The van der Waals surface area contributed by atoms with E-state index in [9.17, 15) is 0 Å². The van der Waals surface area contributed by atoms with Gasteiger partial charge < -0.3 is 4.90 Å². The maximum atomic E-state index is 5.98. The van der Waals surface area contributed by atoms with Crippen LogP contribution in [0.25, 0.3) is 0 Å². The van der Waals surface area contributed by atoms with E-state index in [1.807, 2.05) is 12.1 Å². The Bertz CT molecular complexity index is 403. The molecule has 0 spiro atoms. The molecule has 3 rings (SSSR count). The fraction of sp³-hybridized carbons (Fsp3) is 0.600. The summed E-state index contributed by atoms with van der Waals surface area (Å²) in [6.45, 7) is 6.00. The summed E-state index contributed by atoms with van der Waals surface area (Å²) in [6, 6.07) is 9.75. The number of benzene rings is 1. The van der Waals surface area contributed by atoms with Crippen molar-refractivity contribution < 1.29 is 0 Å². The highest BCUT2D eigenvalue weighted by atomic mass is 35.5. The highest BCUT2D eigenvalue weighted by molar-refractivity contribution is 6.30. The molecule has 18 heavy (non-hydrogen) atoms. The quantitative estimate of drug-likeness (QED) is 0.808. The number of halogens is 1. The summed E-state index contributed by atoms with van der Waals surface area (Å²) in [7, 11) is 0. The van der Waals surface area contributed by atoms with Crippen LogP contribution in [0.2, 0.25) is 5.02 Å². The number of piperazine rings is 1. The third-order valence-electron chi connectivity index (χ3n) is 4.42. The van der Waals surface area contributed by atoms with E-state index < -0.39 is 0 Å². The van der Waals surface area contributed by atoms with Gasteiger partial charge in [0, 0.05) is 35.9 Å². The van der Waals surface area contributed by atoms with Crippen molar-refractivity contribution >= 4 is 17.3 Å². The molecule has 0 bridgehead atoms. The van der Waals surface area contributed by atoms with Crippen molar-refractivity contribution in [3.63, 3.8) is 0 Å². The second-order valence-electron chi connectivity index (χ2n) is 5.48. The lowest BCUT2D eigenvalue weighted by atomic mass is 10.0. The van der Waals surface area contributed by atoms with Crippen LogP contribution in [0, 0.1) is 0 Å². The van der Waals surface area contributed by atoms with E-state index in [0.717, 1.165) is 11.1 Å². The van der Waals surface area contributed by atoms with Crippen LogP contribution in [-0.4, -0.2) is 36.6 Å². The van der Waals surface area contributed by atoms with Crippen molar-refractivity contribution in [2.24, 2.45) is 0 Å². The minimum atomic E-state index is 0.653. The molecule has 0 saturated carbocycles. The Morgan fingerprint density at radius 3 is 2.72 bits per heavy atom. The maximum absolute atomic E-state index is 5.98. The highest BCUT2D eigenvalue weighted by Gasteiger charge is 2.35. The smallest absolute Gasteiger partial charge is 0.0415 e. The molecule has 0 amide bonds. The standard InChI is InChI=1S/C15H21ClN2/c1-2-13-10-17-9-3-4-15(17)11-18(13)14-7-5-12(16)6-8-14/h5-8,13,15H,2-4,9-11H2,1H3. The molecule has 2 heterocycles. The molecule has 2 nitrogen and oxygen atoms in total. The van der Waals surface area contributed by atoms with Gasteiger partial charge in [-0.25, -0.2) is 0 Å². The summed E-state index contributed by atoms with van der Waals surface area (Å²) in [5, 5.41) is 0.825. The lowest BCUT2D eigenvalue weighted by Gasteiger charge is -2.45. The van der Waals surface area contributed by atoms with E-state index in [2.05, 4.69) is 28.9 Å². The van der Waals surface area contributed by atoms with Gasteiger partial charge in [0.15, 0.2) is 0 Å². The van der Waals surface area contributed by atoms with Gasteiger partial charge in [-0.1, -0.05) is 18.5 Å². The summed E-state index contributed by atoms with van der Waals surface area (Å²) in [4.78, 5) is 5.27. The largest absolute Gasteiger partial charge is 0.366 e. The average Bonchev–Trinajstić information content (AvgIpc) is 2.85. The molecule has 0 radical (unpaired) electrons. The Kier molecular flexibility index (Phi) is 3.49. The van der Waals surface area contributed by atoms with Crippen LogP contribution in [-0.2, 0) is 0 Å². The van der Waals surface area contributed by atoms with Crippen LogP contribution in [0.5, 0.6) is 0 Å². The van der Waals surface area contributed by atoms with Crippen molar-refractivity contribution in [3.05, 3.63) is 29.3 Å². The number of fused-ring (bicyclic) bond motifs is 1. The van der Waals surface area contributed by atoms with Crippen molar-refractivity contribution in [2.75, 3.05) is 24.5 Å². The molecule has 1 aromatic rings. The van der Waals surface area contributed by atoms with Gasteiger partial charge in [0.2, 0.25) is 0 Å². The Morgan fingerprint density at radius 2 is 2.00 bits per heavy atom. The van der Waals surface area contributed by atoms with Gasteiger partial charge in [-0.2, -0.15) is 0 Å². The van der Waals surface area contributed by atoms with Crippen molar-refractivity contribution in [1.29, 1.82) is 0 Å². The zero-order valence-corrected chi connectivity index (χ0v) is 11.7. The Balaban J connectivity index is 1.82. The monoisotopic (exact) mass is 264 g/mol. The van der Waals surface area contributed by atoms with E-state index in [0.29, 0.717) is 6.04 Å². The Hall–Kier alpha value is -0.730. The minimum absolute atomic E-state index is 0.653. The number of hydrogen-bond acceptors (Lipinski definition) is 2. The SMILES string of the molecule is CCC1CN2CCCC2CN1c1ccc(Cl)cc1. The predicted octanol–water partition coefficient (Wildman–Crippen LogP) is 3.40. The first-order valence-electron chi connectivity index (χ1n) is 7.04. The minimum Gasteiger partial charge on any atom is -0.366 e. The van der Waals surface area contributed by atoms with Crippen LogP contribution in [0.1, 0.15) is 26.2 Å². The molecule has 2 aliphatic rings. The number of hydrogen-bond donors (Lipinski definition) is 0.